The van der Waals surface area contributed by atoms with E-state index in [-0.39, 0.29) is 24.2 Å². The Morgan fingerprint density at radius 1 is 1.32 bits per heavy atom. The van der Waals surface area contributed by atoms with E-state index in [9.17, 15) is 9.59 Å². The van der Waals surface area contributed by atoms with Crippen LogP contribution in [-0.2, 0) is 16.6 Å². The molecule has 0 radical (unpaired) electrons. The molecule has 6 heteroatoms. The zero-order valence-electron chi connectivity index (χ0n) is 12.6. The van der Waals surface area contributed by atoms with Gasteiger partial charge in [-0.2, -0.15) is 5.10 Å². The SMILES string of the molecule is Cc1ccc(N2C[C@H](C(=O)Nc3cnn(C)c3)CC2=O)cc1. The molecule has 0 unspecified atom stereocenters. The predicted molar refractivity (Wildman–Crippen MR) is 83.5 cm³/mol. The molecule has 0 spiro atoms. The summed E-state index contributed by atoms with van der Waals surface area (Å²) >= 11 is 0. The molecule has 2 amide bonds. The van der Waals surface area contributed by atoms with Crippen molar-refractivity contribution in [2.45, 2.75) is 13.3 Å². The number of rotatable bonds is 3. The molecular formula is C16H18N4O2. The van der Waals surface area contributed by atoms with Crippen LogP contribution in [0.2, 0.25) is 0 Å². The maximum Gasteiger partial charge on any atom is 0.229 e. The van der Waals surface area contributed by atoms with Gasteiger partial charge in [0, 0.05) is 31.9 Å². The third-order valence-electron chi connectivity index (χ3n) is 3.81. The summed E-state index contributed by atoms with van der Waals surface area (Å²) in [5.41, 5.74) is 2.63. The lowest BCUT2D eigenvalue weighted by Gasteiger charge is -2.16. The summed E-state index contributed by atoms with van der Waals surface area (Å²) < 4.78 is 1.62. The van der Waals surface area contributed by atoms with E-state index in [2.05, 4.69) is 10.4 Å². The molecule has 0 aliphatic carbocycles. The zero-order chi connectivity index (χ0) is 15.7. The maximum absolute atomic E-state index is 12.3. The molecule has 22 heavy (non-hydrogen) atoms. The standard InChI is InChI=1S/C16H18N4O2/c1-11-3-5-14(6-4-11)20-9-12(7-15(20)21)16(22)18-13-8-17-19(2)10-13/h3-6,8,10,12H,7,9H2,1-2H3,(H,18,22)/t12-/m1/s1. The van der Waals surface area contributed by atoms with E-state index in [0.29, 0.717) is 12.2 Å². The molecule has 0 saturated carbocycles. The molecule has 2 heterocycles. The first-order valence-electron chi connectivity index (χ1n) is 7.19. The van der Waals surface area contributed by atoms with E-state index in [1.807, 2.05) is 31.2 Å². The molecule has 1 aromatic carbocycles. The number of benzene rings is 1. The fourth-order valence-corrected chi connectivity index (χ4v) is 2.59. The van der Waals surface area contributed by atoms with Gasteiger partial charge in [-0.25, -0.2) is 0 Å². The van der Waals surface area contributed by atoms with Crippen LogP contribution in [0.25, 0.3) is 0 Å². The van der Waals surface area contributed by atoms with Crippen LogP contribution in [0.3, 0.4) is 0 Å². The second kappa shape index (κ2) is 5.63. The number of carbonyl (C=O) groups is 2. The number of amides is 2. The van der Waals surface area contributed by atoms with Gasteiger partial charge in [0.25, 0.3) is 0 Å². The van der Waals surface area contributed by atoms with Crippen LogP contribution < -0.4 is 10.2 Å². The van der Waals surface area contributed by atoms with Crippen molar-refractivity contribution in [2.75, 3.05) is 16.8 Å². The highest BCUT2D eigenvalue weighted by molar-refractivity contribution is 6.03. The topological polar surface area (TPSA) is 67.2 Å². The maximum atomic E-state index is 12.3. The number of hydrogen-bond acceptors (Lipinski definition) is 3. The van der Waals surface area contributed by atoms with Crippen LogP contribution in [-0.4, -0.2) is 28.1 Å². The van der Waals surface area contributed by atoms with Gasteiger partial charge in [0.1, 0.15) is 0 Å². The summed E-state index contributed by atoms with van der Waals surface area (Å²) in [6, 6.07) is 7.75. The van der Waals surface area contributed by atoms with Gasteiger partial charge >= 0.3 is 0 Å². The van der Waals surface area contributed by atoms with Crippen LogP contribution in [0.5, 0.6) is 0 Å². The van der Waals surface area contributed by atoms with Crippen molar-refractivity contribution < 1.29 is 9.59 Å². The monoisotopic (exact) mass is 298 g/mol. The number of aryl methyl sites for hydroxylation is 2. The van der Waals surface area contributed by atoms with E-state index < -0.39 is 0 Å². The number of nitrogens with zero attached hydrogens (tertiary/aromatic N) is 3. The highest BCUT2D eigenvalue weighted by Crippen LogP contribution is 2.26. The summed E-state index contributed by atoms with van der Waals surface area (Å²) in [6.07, 6.45) is 3.55. The molecule has 1 atom stereocenters. The first-order chi connectivity index (χ1) is 10.5. The van der Waals surface area contributed by atoms with Crippen LogP contribution in [0, 0.1) is 12.8 Å². The molecule has 1 saturated heterocycles. The molecule has 0 bridgehead atoms. The first kappa shape index (κ1) is 14.3. The highest BCUT2D eigenvalue weighted by Gasteiger charge is 2.35. The minimum atomic E-state index is -0.339. The molecule has 1 aliphatic heterocycles. The van der Waals surface area contributed by atoms with Gasteiger partial charge in [-0.3, -0.25) is 14.3 Å². The van der Waals surface area contributed by atoms with Crippen molar-refractivity contribution in [1.29, 1.82) is 0 Å². The molecule has 1 fully saturated rings. The second-order valence-electron chi connectivity index (χ2n) is 5.63. The van der Waals surface area contributed by atoms with Crippen LogP contribution in [0.4, 0.5) is 11.4 Å². The molecule has 1 N–H and O–H groups in total. The third kappa shape index (κ3) is 2.86. The molecule has 114 valence electrons. The molecular weight excluding hydrogens is 280 g/mol. The summed E-state index contributed by atoms with van der Waals surface area (Å²) in [5, 5.41) is 6.81. The van der Waals surface area contributed by atoms with Gasteiger partial charge in [0.05, 0.1) is 17.8 Å². The molecule has 1 aliphatic rings. The summed E-state index contributed by atoms with van der Waals surface area (Å²) in [6.45, 7) is 2.41. The number of nitrogens with one attached hydrogen (secondary N) is 1. The van der Waals surface area contributed by atoms with Crippen molar-refractivity contribution in [2.24, 2.45) is 13.0 Å². The van der Waals surface area contributed by atoms with Gasteiger partial charge < -0.3 is 10.2 Å². The van der Waals surface area contributed by atoms with E-state index >= 15 is 0 Å². The lowest BCUT2D eigenvalue weighted by molar-refractivity contribution is -0.122. The lowest BCUT2D eigenvalue weighted by atomic mass is 10.1. The van der Waals surface area contributed by atoms with Crippen molar-refractivity contribution in [1.82, 2.24) is 9.78 Å². The largest absolute Gasteiger partial charge is 0.323 e. The second-order valence-corrected chi connectivity index (χ2v) is 5.63. The van der Waals surface area contributed by atoms with E-state index in [4.69, 9.17) is 0 Å². The van der Waals surface area contributed by atoms with Crippen molar-refractivity contribution in [3.05, 3.63) is 42.2 Å². The average Bonchev–Trinajstić information content (AvgIpc) is 3.06. The lowest BCUT2D eigenvalue weighted by Crippen LogP contribution is -2.28. The minimum Gasteiger partial charge on any atom is -0.323 e. The predicted octanol–water partition coefficient (Wildman–Crippen LogP) is 1.72. The van der Waals surface area contributed by atoms with E-state index in [0.717, 1.165) is 11.3 Å². The molecule has 3 rings (SSSR count). The Labute approximate surface area is 128 Å². The van der Waals surface area contributed by atoms with Gasteiger partial charge in [0.2, 0.25) is 11.8 Å². The quantitative estimate of drug-likeness (QED) is 0.938. The Morgan fingerprint density at radius 3 is 2.68 bits per heavy atom. The minimum absolute atomic E-state index is 0.0183. The number of hydrogen-bond donors (Lipinski definition) is 1. The van der Waals surface area contributed by atoms with Gasteiger partial charge in [-0.05, 0) is 19.1 Å². The normalized spacial score (nSPS) is 17.8. The van der Waals surface area contributed by atoms with Crippen LogP contribution >= 0.6 is 0 Å². The Kier molecular flexibility index (Phi) is 3.66. The van der Waals surface area contributed by atoms with Gasteiger partial charge in [-0.15, -0.1) is 0 Å². The Balaban J connectivity index is 1.68. The van der Waals surface area contributed by atoms with Crippen LogP contribution in [0.1, 0.15) is 12.0 Å². The average molecular weight is 298 g/mol. The summed E-state index contributed by atoms with van der Waals surface area (Å²) in [4.78, 5) is 26.1. The number of aromatic nitrogens is 2. The first-order valence-corrected chi connectivity index (χ1v) is 7.19. The van der Waals surface area contributed by atoms with Crippen molar-refractivity contribution in [3.8, 4) is 0 Å². The Hall–Kier alpha value is -2.63. The molecule has 6 nitrogen and oxygen atoms in total. The highest BCUT2D eigenvalue weighted by atomic mass is 16.2. The molecule has 1 aromatic heterocycles. The van der Waals surface area contributed by atoms with Crippen molar-refractivity contribution >= 4 is 23.2 Å². The Bertz CT molecular complexity index is 705. The van der Waals surface area contributed by atoms with E-state index in [1.54, 1.807) is 29.0 Å². The van der Waals surface area contributed by atoms with Crippen molar-refractivity contribution in [3.63, 3.8) is 0 Å². The van der Waals surface area contributed by atoms with Gasteiger partial charge in [0.15, 0.2) is 0 Å². The fraction of sp³-hybridized carbons (Fsp3) is 0.312. The van der Waals surface area contributed by atoms with Gasteiger partial charge in [-0.1, -0.05) is 17.7 Å². The number of carbonyl (C=O) groups excluding carboxylic acids is 2. The number of anilines is 2. The third-order valence-corrected chi connectivity index (χ3v) is 3.81. The smallest absolute Gasteiger partial charge is 0.229 e. The van der Waals surface area contributed by atoms with E-state index in [1.165, 1.54) is 0 Å². The fourth-order valence-electron chi connectivity index (χ4n) is 2.59. The van der Waals surface area contributed by atoms with Crippen LogP contribution in [0.15, 0.2) is 36.7 Å². The summed E-state index contributed by atoms with van der Waals surface area (Å²) in [5.74, 6) is -0.500. The Morgan fingerprint density at radius 2 is 2.05 bits per heavy atom. The molecule has 2 aromatic rings. The summed E-state index contributed by atoms with van der Waals surface area (Å²) in [7, 11) is 1.79. The zero-order valence-corrected chi connectivity index (χ0v) is 12.6.